The highest BCUT2D eigenvalue weighted by Gasteiger charge is 2.33. The minimum atomic E-state index is -0.927. The summed E-state index contributed by atoms with van der Waals surface area (Å²) < 4.78 is 0.976. The molecule has 1 atom stereocenters. The first-order valence-corrected chi connectivity index (χ1v) is 8.94. The van der Waals surface area contributed by atoms with E-state index in [4.69, 9.17) is 5.11 Å². The Balaban J connectivity index is 1.72. The smallest absolute Gasteiger partial charge is 0.326 e. The molecule has 0 radical (unpaired) electrons. The first-order chi connectivity index (χ1) is 11.0. The molecule has 1 aliphatic heterocycles. The molecule has 1 N–H and O–H groups in total. The molecule has 120 valence electrons. The van der Waals surface area contributed by atoms with E-state index in [2.05, 4.69) is 20.9 Å². The quantitative estimate of drug-likeness (QED) is 0.863. The van der Waals surface area contributed by atoms with Crippen LogP contribution in [0.25, 0.3) is 10.6 Å². The van der Waals surface area contributed by atoms with E-state index >= 15 is 0 Å². The number of carboxylic acids is 1. The van der Waals surface area contributed by atoms with Gasteiger partial charge < -0.3 is 10.0 Å². The lowest BCUT2D eigenvalue weighted by Crippen LogP contribution is -2.41. The van der Waals surface area contributed by atoms with Crippen LogP contribution in [-0.2, 0) is 16.0 Å². The van der Waals surface area contributed by atoms with Gasteiger partial charge in [0.05, 0.1) is 12.1 Å². The fraction of sp³-hybridized carbons (Fsp3) is 0.312. The Bertz CT molecular complexity index is 746. The summed E-state index contributed by atoms with van der Waals surface area (Å²) >= 11 is 4.92. The zero-order chi connectivity index (χ0) is 16.4. The van der Waals surface area contributed by atoms with E-state index in [1.807, 2.05) is 29.6 Å². The van der Waals surface area contributed by atoms with E-state index in [0.29, 0.717) is 18.7 Å². The standard InChI is InChI=1S/C16H15BrN2O3S/c17-11-4-1-3-10(7-11)15-18-12(9-23-15)8-14(20)19-6-2-5-13(19)16(21)22/h1,3-4,7,9,13H,2,5-6,8H2,(H,21,22)/t13-/m0/s1. The number of thiazole rings is 1. The van der Waals surface area contributed by atoms with Crippen LogP contribution in [0, 0.1) is 0 Å². The van der Waals surface area contributed by atoms with Crippen molar-refractivity contribution in [2.24, 2.45) is 0 Å². The normalized spacial score (nSPS) is 17.4. The number of amides is 1. The van der Waals surface area contributed by atoms with E-state index in [1.54, 1.807) is 0 Å². The number of carbonyl (C=O) groups excluding carboxylic acids is 1. The average Bonchev–Trinajstić information content (AvgIpc) is 3.16. The number of likely N-dealkylation sites (tertiary alicyclic amines) is 1. The molecule has 0 bridgehead atoms. The van der Waals surface area contributed by atoms with Crippen molar-refractivity contribution in [3.05, 3.63) is 39.8 Å². The molecular formula is C16H15BrN2O3S. The van der Waals surface area contributed by atoms with Crippen LogP contribution in [0.15, 0.2) is 34.1 Å². The molecule has 2 heterocycles. The maximum absolute atomic E-state index is 12.3. The van der Waals surface area contributed by atoms with Gasteiger partial charge in [0.15, 0.2) is 0 Å². The summed E-state index contributed by atoms with van der Waals surface area (Å²) in [6, 6.07) is 7.14. The molecule has 1 aromatic carbocycles. The number of rotatable bonds is 4. The van der Waals surface area contributed by atoms with Crippen molar-refractivity contribution in [3.8, 4) is 10.6 Å². The van der Waals surface area contributed by atoms with Gasteiger partial charge in [-0.05, 0) is 25.0 Å². The fourth-order valence-corrected chi connectivity index (χ4v) is 3.94. The minimum absolute atomic E-state index is 0.147. The molecule has 0 saturated carbocycles. The number of carbonyl (C=O) groups is 2. The largest absolute Gasteiger partial charge is 0.480 e. The van der Waals surface area contributed by atoms with Crippen LogP contribution in [0.2, 0.25) is 0 Å². The highest BCUT2D eigenvalue weighted by molar-refractivity contribution is 9.10. The lowest BCUT2D eigenvalue weighted by Gasteiger charge is -2.20. The summed E-state index contributed by atoms with van der Waals surface area (Å²) in [5.74, 6) is -1.09. The summed E-state index contributed by atoms with van der Waals surface area (Å²) in [7, 11) is 0. The maximum Gasteiger partial charge on any atom is 0.326 e. The molecule has 1 aliphatic rings. The molecule has 0 unspecified atom stereocenters. The van der Waals surface area contributed by atoms with Crippen molar-refractivity contribution in [2.75, 3.05) is 6.54 Å². The van der Waals surface area contributed by atoms with Crippen molar-refractivity contribution in [1.29, 1.82) is 0 Å². The van der Waals surface area contributed by atoms with Crippen molar-refractivity contribution < 1.29 is 14.7 Å². The van der Waals surface area contributed by atoms with Gasteiger partial charge in [0.2, 0.25) is 5.91 Å². The van der Waals surface area contributed by atoms with Gasteiger partial charge in [-0.15, -0.1) is 11.3 Å². The van der Waals surface area contributed by atoms with Crippen molar-refractivity contribution in [2.45, 2.75) is 25.3 Å². The third kappa shape index (κ3) is 3.61. The van der Waals surface area contributed by atoms with Crippen LogP contribution in [-0.4, -0.2) is 39.5 Å². The third-order valence-corrected chi connectivity index (χ3v) is 5.25. The van der Waals surface area contributed by atoms with E-state index in [1.165, 1.54) is 16.2 Å². The number of hydrogen-bond donors (Lipinski definition) is 1. The Morgan fingerprint density at radius 2 is 2.26 bits per heavy atom. The van der Waals surface area contributed by atoms with Gasteiger partial charge in [0, 0.05) is 22.0 Å². The predicted molar refractivity (Wildman–Crippen MR) is 91.3 cm³/mol. The van der Waals surface area contributed by atoms with E-state index in [0.717, 1.165) is 21.5 Å². The van der Waals surface area contributed by atoms with Gasteiger partial charge >= 0.3 is 5.97 Å². The summed E-state index contributed by atoms with van der Waals surface area (Å²) in [6.45, 7) is 0.512. The Morgan fingerprint density at radius 1 is 1.43 bits per heavy atom. The lowest BCUT2D eigenvalue weighted by atomic mass is 10.2. The molecule has 3 rings (SSSR count). The van der Waals surface area contributed by atoms with Crippen LogP contribution in [0.1, 0.15) is 18.5 Å². The van der Waals surface area contributed by atoms with E-state index in [9.17, 15) is 9.59 Å². The van der Waals surface area contributed by atoms with E-state index < -0.39 is 12.0 Å². The molecule has 1 saturated heterocycles. The second-order valence-electron chi connectivity index (χ2n) is 5.41. The van der Waals surface area contributed by atoms with Gasteiger partial charge in [-0.1, -0.05) is 28.1 Å². The summed E-state index contributed by atoms with van der Waals surface area (Å²) in [5.41, 5.74) is 1.68. The Labute approximate surface area is 146 Å². The maximum atomic E-state index is 12.3. The number of halogens is 1. The third-order valence-electron chi connectivity index (χ3n) is 3.81. The fourth-order valence-electron chi connectivity index (χ4n) is 2.72. The molecule has 5 nitrogen and oxygen atoms in total. The van der Waals surface area contributed by atoms with Crippen LogP contribution >= 0.6 is 27.3 Å². The molecular weight excluding hydrogens is 380 g/mol. The summed E-state index contributed by atoms with van der Waals surface area (Å²) in [5, 5.41) is 11.9. The molecule has 23 heavy (non-hydrogen) atoms. The van der Waals surface area contributed by atoms with Crippen LogP contribution in [0.3, 0.4) is 0 Å². The molecule has 1 amide bonds. The van der Waals surface area contributed by atoms with Gasteiger partial charge in [-0.2, -0.15) is 0 Å². The van der Waals surface area contributed by atoms with Crippen LogP contribution in [0.4, 0.5) is 0 Å². The number of nitrogens with zero attached hydrogens (tertiary/aromatic N) is 2. The van der Waals surface area contributed by atoms with Crippen molar-refractivity contribution in [3.63, 3.8) is 0 Å². The summed E-state index contributed by atoms with van der Waals surface area (Å²) in [6.07, 6.45) is 1.42. The highest BCUT2D eigenvalue weighted by Crippen LogP contribution is 2.27. The van der Waals surface area contributed by atoms with E-state index in [-0.39, 0.29) is 12.3 Å². The van der Waals surface area contributed by atoms with Crippen LogP contribution in [0.5, 0.6) is 0 Å². The second-order valence-corrected chi connectivity index (χ2v) is 7.19. The topological polar surface area (TPSA) is 70.5 Å². The monoisotopic (exact) mass is 394 g/mol. The molecule has 1 fully saturated rings. The lowest BCUT2D eigenvalue weighted by molar-refractivity contribution is -0.148. The number of hydrogen-bond acceptors (Lipinski definition) is 4. The molecule has 1 aromatic heterocycles. The SMILES string of the molecule is O=C(O)[C@@H]1CCCN1C(=O)Cc1csc(-c2cccc(Br)c2)n1. The molecule has 0 spiro atoms. The zero-order valence-electron chi connectivity index (χ0n) is 12.2. The first-order valence-electron chi connectivity index (χ1n) is 7.27. The number of benzene rings is 1. The Kier molecular flexibility index (Phi) is 4.77. The van der Waals surface area contributed by atoms with Gasteiger partial charge in [-0.25, -0.2) is 9.78 Å². The molecule has 0 aliphatic carbocycles. The number of aliphatic carboxylic acids is 1. The highest BCUT2D eigenvalue weighted by atomic mass is 79.9. The summed E-state index contributed by atoms with van der Waals surface area (Å²) in [4.78, 5) is 29.5. The zero-order valence-corrected chi connectivity index (χ0v) is 14.6. The van der Waals surface area contributed by atoms with Gasteiger partial charge in [-0.3, -0.25) is 4.79 Å². The van der Waals surface area contributed by atoms with Crippen molar-refractivity contribution >= 4 is 39.1 Å². The molecule has 7 heteroatoms. The van der Waals surface area contributed by atoms with Crippen LogP contribution < -0.4 is 0 Å². The number of carboxylic acid groups (broad SMARTS) is 1. The van der Waals surface area contributed by atoms with Gasteiger partial charge in [0.1, 0.15) is 11.0 Å². The average molecular weight is 395 g/mol. The number of aromatic nitrogens is 1. The predicted octanol–water partition coefficient (Wildman–Crippen LogP) is 3.19. The van der Waals surface area contributed by atoms with Crippen molar-refractivity contribution in [1.82, 2.24) is 9.88 Å². The first kappa shape index (κ1) is 16.1. The Hall–Kier alpha value is -1.73. The molecule has 2 aromatic rings. The second kappa shape index (κ2) is 6.80. The Morgan fingerprint density at radius 3 is 3.00 bits per heavy atom. The van der Waals surface area contributed by atoms with Gasteiger partial charge in [0.25, 0.3) is 0 Å². The minimum Gasteiger partial charge on any atom is -0.480 e.